The largest absolute Gasteiger partial charge is 0.444 e. The lowest BCUT2D eigenvalue weighted by Gasteiger charge is -2.29. The fourth-order valence-corrected chi connectivity index (χ4v) is 3.82. The highest BCUT2D eigenvalue weighted by Gasteiger charge is 2.39. The van der Waals surface area contributed by atoms with Gasteiger partial charge in [-0.05, 0) is 49.6 Å². The number of carbonyl (C=O) groups is 4. The third-order valence-corrected chi connectivity index (χ3v) is 5.60. The zero-order valence-electron chi connectivity index (χ0n) is 18.3. The van der Waals surface area contributed by atoms with Gasteiger partial charge >= 0.3 is 6.09 Å². The number of anilines is 1. The molecule has 172 valence electrons. The molecule has 0 bridgehead atoms. The maximum atomic E-state index is 12.9. The first-order chi connectivity index (χ1) is 15.6. The predicted molar refractivity (Wildman–Crippen MR) is 116 cm³/mol. The summed E-state index contributed by atoms with van der Waals surface area (Å²) in [4.78, 5) is 54.1. The van der Waals surface area contributed by atoms with E-state index >= 15 is 0 Å². The number of aromatic nitrogens is 1. The van der Waals surface area contributed by atoms with Crippen LogP contribution in [0.4, 0.5) is 10.5 Å². The summed E-state index contributed by atoms with van der Waals surface area (Å²) in [6.45, 7) is 3.46. The van der Waals surface area contributed by atoms with E-state index in [4.69, 9.17) is 4.74 Å². The van der Waals surface area contributed by atoms with Crippen molar-refractivity contribution in [1.82, 2.24) is 15.2 Å². The number of ether oxygens (including phenoxy) is 1. The van der Waals surface area contributed by atoms with E-state index in [2.05, 4.69) is 15.6 Å². The molecule has 0 aliphatic carbocycles. The summed E-state index contributed by atoms with van der Waals surface area (Å²) >= 11 is 0. The molecule has 0 saturated carbocycles. The van der Waals surface area contributed by atoms with Gasteiger partial charge in [-0.25, -0.2) is 4.79 Å². The van der Waals surface area contributed by atoms with Crippen molar-refractivity contribution in [3.8, 4) is 0 Å². The Morgan fingerprint density at radius 3 is 2.73 bits per heavy atom. The van der Waals surface area contributed by atoms with Gasteiger partial charge in [-0.15, -0.1) is 0 Å². The van der Waals surface area contributed by atoms with Gasteiger partial charge in [0.05, 0.1) is 17.6 Å². The molecule has 1 unspecified atom stereocenters. The molecule has 33 heavy (non-hydrogen) atoms. The smallest absolute Gasteiger partial charge is 0.412 e. The lowest BCUT2D eigenvalue weighted by atomic mass is 10.0. The van der Waals surface area contributed by atoms with E-state index in [1.54, 1.807) is 44.2 Å². The summed E-state index contributed by atoms with van der Waals surface area (Å²) in [7, 11) is 0. The number of hydrogen-bond donors (Lipinski definition) is 3. The predicted octanol–water partition coefficient (Wildman–Crippen LogP) is 1.82. The minimum absolute atomic E-state index is 0.0556. The fourth-order valence-electron chi connectivity index (χ4n) is 3.82. The van der Waals surface area contributed by atoms with E-state index in [0.29, 0.717) is 28.9 Å². The van der Waals surface area contributed by atoms with Crippen molar-refractivity contribution in [2.24, 2.45) is 0 Å². The van der Waals surface area contributed by atoms with Gasteiger partial charge in [0.15, 0.2) is 0 Å². The lowest BCUT2D eigenvalue weighted by molar-refractivity contribution is -0.136. The number of imide groups is 1. The van der Waals surface area contributed by atoms with E-state index in [-0.39, 0.29) is 31.4 Å². The van der Waals surface area contributed by atoms with Crippen LogP contribution < -0.4 is 10.6 Å². The summed E-state index contributed by atoms with van der Waals surface area (Å²) in [6, 6.07) is 7.72. The molecule has 0 spiro atoms. The van der Waals surface area contributed by atoms with Crippen molar-refractivity contribution in [1.29, 1.82) is 0 Å². The minimum Gasteiger partial charge on any atom is -0.444 e. The molecule has 4 amide bonds. The molecule has 1 aromatic heterocycles. The zero-order chi connectivity index (χ0) is 23.8. The van der Waals surface area contributed by atoms with E-state index in [9.17, 15) is 24.3 Å². The summed E-state index contributed by atoms with van der Waals surface area (Å²) in [5, 5.41) is 14.8. The van der Waals surface area contributed by atoms with Gasteiger partial charge in [-0.3, -0.25) is 30.0 Å². The average Bonchev–Trinajstić information content (AvgIpc) is 3.08. The number of benzene rings is 1. The molecule has 2 aliphatic rings. The Hall–Kier alpha value is -3.79. The molecule has 3 heterocycles. The third-order valence-electron chi connectivity index (χ3n) is 5.60. The minimum atomic E-state index is -1.09. The average molecular weight is 452 g/mol. The van der Waals surface area contributed by atoms with Gasteiger partial charge in [-0.2, -0.15) is 0 Å². The van der Waals surface area contributed by atoms with Crippen molar-refractivity contribution in [3.05, 3.63) is 58.9 Å². The maximum absolute atomic E-state index is 12.9. The van der Waals surface area contributed by atoms with Crippen LogP contribution in [0.3, 0.4) is 0 Å². The lowest BCUT2D eigenvalue weighted by Crippen LogP contribution is -2.52. The van der Waals surface area contributed by atoms with E-state index in [1.165, 1.54) is 11.1 Å². The van der Waals surface area contributed by atoms with Gasteiger partial charge in [-0.1, -0.05) is 12.1 Å². The van der Waals surface area contributed by atoms with Crippen LogP contribution in [0.1, 0.15) is 53.9 Å². The van der Waals surface area contributed by atoms with Crippen LogP contribution in [-0.2, 0) is 33.1 Å². The van der Waals surface area contributed by atoms with Crippen molar-refractivity contribution >= 4 is 29.5 Å². The molecule has 10 heteroatoms. The quantitative estimate of drug-likeness (QED) is 0.588. The van der Waals surface area contributed by atoms with Gasteiger partial charge in [0.25, 0.3) is 5.91 Å². The molecule has 2 aliphatic heterocycles. The Labute approximate surface area is 189 Å². The van der Waals surface area contributed by atoms with Gasteiger partial charge in [0.1, 0.15) is 18.2 Å². The van der Waals surface area contributed by atoms with Crippen LogP contribution in [-0.4, -0.2) is 44.8 Å². The number of pyridine rings is 1. The Morgan fingerprint density at radius 2 is 2.06 bits per heavy atom. The number of rotatable bonds is 5. The highest BCUT2D eigenvalue weighted by Crippen LogP contribution is 2.28. The Balaban J connectivity index is 1.35. The Kier molecular flexibility index (Phi) is 5.86. The molecule has 1 atom stereocenters. The summed E-state index contributed by atoms with van der Waals surface area (Å²) < 4.78 is 5.24. The Morgan fingerprint density at radius 1 is 1.27 bits per heavy atom. The third kappa shape index (κ3) is 4.85. The van der Waals surface area contributed by atoms with Crippen molar-refractivity contribution in [3.63, 3.8) is 0 Å². The first kappa shape index (κ1) is 22.4. The second kappa shape index (κ2) is 8.62. The monoisotopic (exact) mass is 452 g/mol. The van der Waals surface area contributed by atoms with Crippen molar-refractivity contribution in [2.45, 2.75) is 51.5 Å². The number of fused-ring (bicyclic) bond motifs is 1. The number of hydrogen-bond acceptors (Lipinski definition) is 7. The van der Waals surface area contributed by atoms with E-state index in [1.807, 2.05) is 0 Å². The van der Waals surface area contributed by atoms with Crippen LogP contribution in [0, 0.1) is 0 Å². The highest BCUT2D eigenvalue weighted by molar-refractivity contribution is 6.05. The SMILES string of the molecule is CC(C)(O)c1ccc(NC(=O)OCc2ccc3c(c2)C(=O)N(C2CCC(=O)NC2=O)C3)cn1. The van der Waals surface area contributed by atoms with Crippen LogP contribution in [0.2, 0.25) is 0 Å². The first-order valence-corrected chi connectivity index (χ1v) is 10.5. The highest BCUT2D eigenvalue weighted by atomic mass is 16.5. The molecule has 0 radical (unpaired) electrons. The number of nitrogens with zero attached hydrogens (tertiary/aromatic N) is 2. The van der Waals surface area contributed by atoms with Gasteiger partial charge in [0, 0.05) is 18.5 Å². The number of piperidine rings is 1. The second-order valence-corrected chi connectivity index (χ2v) is 8.58. The molecule has 4 rings (SSSR count). The van der Waals surface area contributed by atoms with Crippen LogP contribution in [0.5, 0.6) is 0 Å². The van der Waals surface area contributed by atoms with Crippen molar-refractivity contribution < 1.29 is 29.0 Å². The zero-order valence-corrected chi connectivity index (χ0v) is 18.3. The number of aliphatic hydroxyl groups is 1. The Bertz CT molecular complexity index is 1120. The number of amides is 4. The molecule has 2 aromatic rings. The summed E-state index contributed by atoms with van der Waals surface area (Å²) in [6.07, 6.45) is 1.23. The van der Waals surface area contributed by atoms with E-state index < -0.39 is 23.6 Å². The van der Waals surface area contributed by atoms with Gasteiger partial charge in [0.2, 0.25) is 11.8 Å². The number of nitrogens with one attached hydrogen (secondary N) is 2. The van der Waals surface area contributed by atoms with E-state index in [0.717, 1.165) is 5.56 Å². The molecule has 10 nitrogen and oxygen atoms in total. The molecule has 1 saturated heterocycles. The fraction of sp³-hybridized carbons (Fsp3) is 0.348. The first-order valence-electron chi connectivity index (χ1n) is 10.5. The second-order valence-electron chi connectivity index (χ2n) is 8.58. The van der Waals surface area contributed by atoms with Crippen LogP contribution in [0.15, 0.2) is 36.5 Å². The summed E-state index contributed by atoms with van der Waals surface area (Å²) in [5.41, 5.74) is 1.65. The molecule has 1 aromatic carbocycles. The van der Waals surface area contributed by atoms with Gasteiger partial charge < -0.3 is 14.7 Å². The van der Waals surface area contributed by atoms with Crippen molar-refractivity contribution in [2.75, 3.05) is 5.32 Å². The maximum Gasteiger partial charge on any atom is 0.412 e. The van der Waals surface area contributed by atoms with Crippen LogP contribution >= 0.6 is 0 Å². The summed E-state index contributed by atoms with van der Waals surface area (Å²) in [5.74, 6) is -1.08. The molecular weight excluding hydrogens is 428 g/mol. The topological polar surface area (TPSA) is 138 Å². The normalized spacial score (nSPS) is 18.1. The molecular formula is C23H24N4O6. The molecule has 1 fully saturated rings. The molecule has 3 N–H and O–H groups in total. The number of carbonyl (C=O) groups excluding carboxylic acids is 4. The standard InChI is InChI=1S/C23H24N4O6/c1-23(2,32)18-7-5-15(10-24-18)25-22(31)33-12-13-3-4-14-11-27(21(30)16(14)9-13)17-6-8-19(28)26-20(17)29/h3-5,7,9-10,17,32H,6,8,11-12H2,1-2H3,(H,25,31)(H,26,28,29). The van der Waals surface area contributed by atoms with Crippen LogP contribution in [0.25, 0.3) is 0 Å².